The Kier molecular flexibility index (Phi) is 4.18. The van der Waals surface area contributed by atoms with Gasteiger partial charge in [0.1, 0.15) is 5.82 Å². The molecule has 1 atom stereocenters. The lowest BCUT2D eigenvalue weighted by Gasteiger charge is -2.50. The summed E-state index contributed by atoms with van der Waals surface area (Å²) in [5.41, 5.74) is 0.325. The van der Waals surface area contributed by atoms with Crippen molar-refractivity contribution in [2.24, 2.45) is 0 Å². The second kappa shape index (κ2) is 6.44. The topological polar surface area (TPSA) is 82.6 Å². The molecule has 1 aromatic carbocycles. The molecule has 1 fully saturated rings. The molecule has 3 amide bonds. The second-order valence-electron chi connectivity index (χ2n) is 7.45. The predicted molar refractivity (Wildman–Crippen MR) is 105 cm³/mol. The summed E-state index contributed by atoms with van der Waals surface area (Å²) in [4.78, 5) is 47.1. The number of hydrogen-bond donors (Lipinski definition) is 1. The first-order valence-corrected chi connectivity index (χ1v) is 9.36. The van der Waals surface area contributed by atoms with Gasteiger partial charge in [0.25, 0.3) is 11.8 Å². The predicted octanol–water partition coefficient (Wildman–Crippen LogP) is 2.72. The lowest BCUT2D eigenvalue weighted by Crippen LogP contribution is -2.71. The number of nitrogens with one attached hydrogen (secondary N) is 1. The van der Waals surface area contributed by atoms with Crippen molar-refractivity contribution in [2.75, 3.05) is 10.2 Å². The van der Waals surface area contributed by atoms with Crippen LogP contribution < -0.4 is 10.2 Å². The van der Waals surface area contributed by atoms with Gasteiger partial charge in [0.15, 0.2) is 0 Å². The Morgan fingerprint density at radius 1 is 1.18 bits per heavy atom. The minimum atomic E-state index is -1.40. The molecule has 2 aliphatic rings. The number of hydrogen-bond acceptors (Lipinski definition) is 4. The van der Waals surface area contributed by atoms with Crippen molar-refractivity contribution in [1.82, 2.24) is 9.88 Å². The number of para-hydroxylation sites is 1. The molecule has 4 rings (SSSR count). The first kappa shape index (κ1) is 18.2. The van der Waals surface area contributed by atoms with Gasteiger partial charge in [-0.15, -0.1) is 0 Å². The average Bonchev–Trinajstić information content (AvgIpc) is 3.02. The maximum Gasteiger partial charge on any atom is 0.273 e. The van der Waals surface area contributed by atoms with E-state index >= 15 is 0 Å². The van der Waals surface area contributed by atoms with Gasteiger partial charge in [0, 0.05) is 25.1 Å². The summed E-state index contributed by atoms with van der Waals surface area (Å²) in [6.45, 7) is 5.56. The lowest BCUT2D eigenvalue weighted by molar-refractivity contribution is -0.129. The Balaban J connectivity index is 1.88. The Hall–Kier alpha value is -3.22. The van der Waals surface area contributed by atoms with Crippen LogP contribution in [0.15, 0.2) is 42.6 Å². The molecule has 2 aliphatic heterocycles. The minimum Gasteiger partial charge on any atom is -0.307 e. The van der Waals surface area contributed by atoms with Gasteiger partial charge in [-0.05, 0) is 44.5 Å². The smallest absolute Gasteiger partial charge is 0.273 e. The third-order valence-corrected chi connectivity index (χ3v) is 5.42. The molecule has 144 valence electrons. The number of benzene rings is 1. The van der Waals surface area contributed by atoms with Crippen LogP contribution in [0.3, 0.4) is 0 Å². The molecule has 0 aliphatic carbocycles. The van der Waals surface area contributed by atoms with Gasteiger partial charge in [-0.2, -0.15) is 0 Å². The number of carbonyl (C=O) groups is 3. The van der Waals surface area contributed by atoms with E-state index in [2.05, 4.69) is 10.3 Å². The number of aryl methyl sites for hydroxylation is 1. The van der Waals surface area contributed by atoms with Crippen LogP contribution in [-0.4, -0.2) is 39.3 Å². The summed E-state index contributed by atoms with van der Waals surface area (Å²) in [5, 5.41) is 2.86. The van der Waals surface area contributed by atoms with Gasteiger partial charge >= 0.3 is 0 Å². The number of nitrogens with zero attached hydrogens (tertiary/aromatic N) is 3. The number of carbonyl (C=O) groups excluding carboxylic acids is 3. The number of pyridine rings is 1. The first-order chi connectivity index (χ1) is 13.4. The molecule has 7 heteroatoms. The molecule has 1 saturated heterocycles. The fourth-order valence-corrected chi connectivity index (χ4v) is 4.23. The Labute approximate surface area is 163 Å². The molecule has 7 nitrogen and oxygen atoms in total. The fraction of sp³-hybridized carbons (Fsp3) is 0.333. The number of fused-ring (bicyclic) bond motifs is 3. The third kappa shape index (κ3) is 2.42. The Morgan fingerprint density at radius 3 is 2.64 bits per heavy atom. The van der Waals surface area contributed by atoms with Crippen molar-refractivity contribution in [3.05, 3.63) is 53.7 Å². The zero-order valence-corrected chi connectivity index (χ0v) is 16.1. The standard InChI is InChI=1S/C21H22N4O3/c1-13(2)24-19(27)15-8-4-5-9-16(15)25-17(26)10-11-21(24,25)20(28)23-18-14(3)7-6-12-22-18/h4-9,12-13H,10-11H2,1-3H3,(H,22,23,28). The zero-order chi connectivity index (χ0) is 20.1. The summed E-state index contributed by atoms with van der Waals surface area (Å²) in [6.07, 6.45) is 2.03. The van der Waals surface area contributed by atoms with Crippen LogP contribution in [0.1, 0.15) is 42.6 Å². The van der Waals surface area contributed by atoms with Gasteiger partial charge in [0.05, 0.1) is 11.3 Å². The van der Waals surface area contributed by atoms with Gasteiger partial charge in [-0.1, -0.05) is 18.2 Å². The van der Waals surface area contributed by atoms with Crippen LogP contribution in [0.25, 0.3) is 0 Å². The SMILES string of the molecule is Cc1cccnc1NC(=O)C12CCC(=O)N1c1ccccc1C(=O)N2C(C)C. The highest BCUT2D eigenvalue weighted by atomic mass is 16.2. The maximum atomic E-state index is 13.6. The molecular formula is C21H22N4O3. The monoisotopic (exact) mass is 378 g/mol. The average molecular weight is 378 g/mol. The van der Waals surface area contributed by atoms with Crippen LogP contribution in [0.5, 0.6) is 0 Å². The highest BCUT2D eigenvalue weighted by molar-refractivity contribution is 6.18. The van der Waals surface area contributed by atoms with Crippen LogP contribution in [0.2, 0.25) is 0 Å². The summed E-state index contributed by atoms with van der Waals surface area (Å²) >= 11 is 0. The van der Waals surface area contributed by atoms with Crippen molar-refractivity contribution in [2.45, 2.75) is 45.3 Å². The van der Waals surface area contributed by atoms with E-state index in [1.54, 1.807) is 36.5 Å². The van der Waals surface area contributed by atoms with E-state index in [1.807, 2.05) is 26.8 Å². The van der Waals surface area contributed by atoms with Crippen LogP contribution in [-0.2, 0) is 9.59 Å². The van der Waals surface area contributed by atoms with Crippen molar-refractivity contribution in [3.63, 3.8) is 0 Å². The van der Waals surface area contributed by atoms with Crippen molar-refractivity contribution in [3.8, 4) is 0 Å². The number of amides is 3. The van der Waals surface area contributed by atoms with Gasteiger partial charge in [0.2, 0.25) is 11.6 Å². The highest BCUT2D eigenvalue weighted by Crippen LogP contribution is 2.45. The number of aromatic nitrogens is 1. The van der Waals surface area contributed by atoms with Crippen molar-refractivity contribution >= 4 is 29.2 Å². The van der Waals surface area contributed by atoms with Crippen molar-refractivity contribution in [1.29, 1.82) is 0 Å². The molecule has 28 heavy (non-hydrogen) atoms. The highest BCUT2D eigenvalue weighted by Gasteiger charge is 2.61. The van der Waals surface area contributed by atoms with E-state index in [9.17, 15) is 14.4 Å². The summed E-state index contributed by atoms with van der Waals surface area (Å²) in [5.74, 6) is -0.407. The lowest BCUT2D eigenvalue weighted by atomic mass is 9.94. The summed E-state index contributed by atoms with van der Waals surface area (Å²) in [7, 11) is 0. The van der Waals surface area contributed by atoms with E-state index in [0.29, 0.717) is 17.1 Å². The maximum absolute atomic E-state index is 13.6. The third-order valence-electron chi connectivity index (χ3n) is 5.42. The molecule has 1 aromatic heterocycles. The number of rotatable bonds is 3. The first-order valence-electron chi connectivity index (χ1n) is 9.36. The van der Waals surface area contributed by atoms with E-state index in [4.69, 9.17) is 0 Å². The van der Waals surface area contributed by atoms with Crippen LogP contribution in [0.4, 0.5) is 11.5 Å². The summed E-state index contributed by atoms with van der Waals surface area (Å²) < 4.78 is 0. The molecule has 0 saturated carbocycles. The molecule has 0 bridgehead atoms. The van der Waals surface area contributed by atoms with Crippen LogP contribution in [0, 0.1) is 6.92 Å². The van der Waals surface area contributed by atoms with E-state index in [0.717, 1.165) is 5.56 Å². The molecule has 1 unspecified atom stereocenters. The van der Waals surface area contributed by atoms with Gasteiger partial charge in [-0.3, -0.25) is 19.3 Å². The Bertz CT molecular complexity index is 987. The van der Waals surface area contributed by atoms with Crippen molar-refractivity contribution < 1.29 is 14.4 Å². The largest absolute Gasteiger partial charge is 0.307 e. The quantitative estimate of drug-likeness (QED) is 0.890. The van der Waals surface area contributed by atoms with Gasteiger partial charge < -0.3 is 10.2 Å². The number of anilines is 2. The van der Waals surface area contributed by atoms with Gasteiger partial charge in [-0.25, -0.2) is 4.98 Å². The fourth-order valence-electron chi connectivity index (χ4n) is 4.23. The van der Waals surface area contributed by atoms with E-state index in [-0.39, 0.29) is 30.7 Å². The minimum absolute atomic E-state index is 0.168. The molecule has 1 N–H and O–H groups in total. The van der Waals surface area contributed by atoms with Crippen LogP contribution >= 0.6 is 0 Å². The normalized spacial score (nSPS) is 21.0. The molecule has 0 spiro atoms. The van der Waals surface area contributed by atoms with E-state index in [1.165, 1.54) is 9.80 Å². The second-order valence-corrected chi connectivity index (χ2v) is 7.45. The molecule has 2 aromatic rings. The summed E-state index contributed by atoms with van der Waals surface area (Å²) in [6, 6.07) is 10.3. The Morgan fingerprint density at radius 2 is 1.93 bits per heavy atom. The molecule has 3 heterocycles. The zero-order valence-electron chi connectivity index (χ0n) is 16.1. The molecular weight excluding hydrogens is 356 g/mol. The molecule has 0 radical (unpaired) electrons. The van der Waals surface area contributed by atoms with E-state index < -0.39 is 11.6 Å².